The Balaban J connectivity index is 0.00000225. The predicted octanol–water partition coefficient (Wildman–Crippen LogP) is 3.32. The van der Waals surface area contributed by atoms with Crippen LogP contribution in [0.2, 0.25) is 0 Å². The van der Waals surface area contributed by atoms with Gasteiger partial charge in [-0.1, -0.05) is 12.1 Å². The van der Waals surface area contributed by atoms with E-state index < -0.39 is 10.0 Å². The fraction of sp³-hybridized carbons (Fsp3) is 0.333. The molecule has 1 heterocycles. The lowest BCUT2D eigenvalue weighted by atomic mass is 10.1. The molecule has 2 aromatic carbocycles. The Labute approximate surface area is 155 Å². The SMILES string of the molecule is Cc1cccc(Oc2ccc(S(=O)(=O)N3CCCC(N)C3)cc2)c1.Cl. The molecule has 1 aliphatic heterocycles. The van der Waals surface area contributed by atoms with Crippen LogP contribution < -0.4 is 10.5 Å². The quantitative estimate of drug-likeness (QED) is 0.880. The van der Waals surface area contributed by atoms with Crippen molar-refractivity contribution in [3.05, 3.63) is 54.1 Å². The lowest BCUT2D eigenvalue weighted by Crippen LogP contribution is -2.45. The van der Waals surface area contributed by atoms with Crippen molar-refractivity contribution in [2.75, 3.05) is 13.1 Å². The highest BCUT2D eigenvalue weighted by molar-refractivity contribution is 7.89. The van der Waals surface area contributed by atoms with E-state index in [2.05, 4.69) is 0 Å². The number of aryl methyl sites for hydroxylation is 1. The topological polar surface area (TPSA) is 72.6 Å². The van der Waals surface area contributed by atoms with Gasteiger partial charge in [0.15, 0.2) is 0 Å². The van der Waals surface area contributed by atoms with Gasteiger partial charge >= 0.3 is 0 Å². The highest BCUT2D eigenvalue weighted by Crippen LogP contribution is 2.26. The number of ether oxygens (including phenoxy) is 1. The van der Waals surface area contributed by atoms with E-state index >= 15 is 0 Å². The molecule has 0 aliphatic carbocycles. The van der Waals surface area contributed by atoms with Crippen LogP contribution in [0, 0.1) is 6.92 Å². The normalized spacial score (nSPS) is 18.4. The van der Waals surface area contributed by atoms with Crippen LogP contribution in [-0.4, -0.2) is 31.9 Å². The Morgan fingerprint density at radius 2 is 1.84 bits per heavy atom. The summed E-state index contributed by atoms with van der Waals surface area (Å²) in [5.74, 6) is 1.34. The van der Waals surface area contributed by atoms with Crippen LogP contribution in [0.5, 0.6) is 11.5 Å². The summed E-state index contributed by atoms with van der Waals surface area (Å²) in [4.78, 5) is 0.271. The van der Waals surface area contributed by atoms with Gasteiger partial charge in [0.25, 0.3) is 0 Å². The van der Waals surface area contributed by atoms with Crippen molar-refractivity contribution in [2.45, 2.75) is 30.7 Å². The summed E-state index contributed by atoms with van der Waals surface area (Å²) in [7, 11) is -3.49. The van der Waals surface area contributed by atoms with E-state index in [1.54, 1.807) is 24.3 Å². The lowest BCUT2D eigenvalue weighted by molar-refractivity contribution is 0.316. The van der Waals surface area contributed by atoms with Crippen molar-refractivity contribution in [3.63, 3.8) is 0 Å². The van der Waals surface area contributed by atoms with Crippen molar-refractivity contribution in [2.24, 2.45) is 5.73 Å². The number of nitrogens with zero attached hydrogens (tertiary/aromatic N) is 1. The van der Waals surface area contributed by atoms with Crippen LogP contribution in [0.1, 0.15) is 18.4 Å². The van der Waals surface area contributed by atoms with E-state index in [-0.39, 0.29) is 23.3 Å². The molecule has 0 amide bonds. The first kappa shape index (κ1) is 19.7. The third-order valence-electron chi connectivity index (χ3n) is 4.11. The van der Waals surface area contributed by atoms with E-state index in [4.69, 9.17) is 10.5 Å². The Bertz CT molecular complexity index is 809. The minimum absolute atomic E-state index is 0. The van der Waals surface area contributed by atoms with Crippen LogP contribution >= 0.6 is 12.4 Å². The minimum Gasteiger partial charge on any atom is -0.457 e. The Hall–Kier alpha value is -1.60. The van der Waals surface area contributed by atoms with Crippen molar-refractivity contribution < 1.29 is 13.2 Å². The first-order chi connectivity index (χ1) is 11.4. The zero-order valence-corrected chi connectivity index (χ0v) is 15.7. The highest BCUT2D eigenvalue weighted by Gasteiger charge is 2.28. The Morgan fingerprint density at radius 1 is 1.12 bits per heavy atom. The Kier molecular flexibility index (Phi) is 6.46. The van der Waals surface area contributed by atoms with Gasteiger partial charge in [0.1, 0.15) is 11.5 Å². The van der Waals surface area contributed by atoms with Gasteiger partial charge in [-0.3, -0.25) is 0 Å². The summed E-state index contributed by atoms with van der Waals surface area (Å²) in [6.45, 7) is 2.90. The zero-order chi connectivity index (χ0) is 17.2. The summed E-state index contributed by atoms with van der Waals surface area (Å²) in [6, 6.07) is 14.2. The molecule has 0 aromatic heterocycles. The second-order valence-corrected chi connectivity index (χ2v) is 8.09. The molecular formula is C18H23ClN2O3S. The number of hydrogen-bond donors (Lipinski definition) is 1. The number of benzene rings is 2. The predicted molar refractivity (Wildman–Crippen MR) is 101 cm³/mol. The molecule has 25 heavy (non-hydrogen) atoms. The van der Waals surface area contributed by atoms with E-state index in [1.807, 2.05) is 31.2 Å². The molecule has 5 nitrogen and oxygen atoms in total. The van der Waals surface area contributed by atoms with Crippen molar-refractivity contribution in [3.8, 4) is 11.5 Å². The van der Waals surface area contributed by atoms with Gasteiger partial charge in [0.05, 0.1) is 4.90 Å². The van der Waals surface area contributed by atoms with Gasteiger partial charge < -0.3 is 10.5 Å². The van der Waals surface area contributed by atoms with Crippen LogP contribution in [0.15, 0.2) is 53.4 Å². The van der Waals surface area contributed by atoms with Gasteiger partial charge in [-0.15, -0.1) is 12.4 Å². The number of hydrogen-bond acceptors (Lipinski definition) is 4. The molecule has 1 saturated heterocycles. The maximum absolute atomic E-state index is 12.7. The summed E-state index contributed by atoms with van der Waals surface area (Å²) in [5, 5.41) is 0. The van der Waals surface area contributed by atoms with Crippen LogP contribution in [-0.2, 0) is 10.0 Å². The zero-order valence-electron chi connectivity index (χ0n) is 14.1. The summed E-state index contributed by atoms with van der Waals surface area (Å²) < 4.78 is 32.6. The van der Waals surface area contributed by atoms with E-state index in [0.717, 1.165) is 24.2 Å². The van der Waals surface area contributed by atoms with Crippen LogP contribution in [0.25, 0.3) is 0 Å². The third-order valence-corrected chi connectivity index (χ3v) is 5.99. The van der Waals surface area contributed by atoms with Crippen LogP contribution in [0.3, 0.4) is 0 Å². The van der Waals surface area contributed by atoms with Gasteiger partial charge in [-0.25, -0.2) is 8.42 Å². The number of piperidine rings is 1. The number of rotatable bonds is 4. The number of sulfonamides is 1. The molecule has 136 valence electrons. The largest absolute Gasteiger partial charge is 0.457 e. The molecule has 2 N–H and O–H groups in total. The minimum atomic E-state index is -3.49. The molecule has 2 aromatic rings. The number of nitrogens with two attached hydrogens (primary N) is 1. The molecule has 7 heteroatoms. The van der Waals surface area contributed by atoms with Crippen molar-refractivity contribution in [1.29, 1.82) is 0 Å². The molecule has 3 rings (SSSR count). The van der Waals surface area contributed by atoms with Crippen molar-refractivity contribution in [1.82, 2.24) is 4.31 Å². The van der Waals surface area contributed by atoms with E-state index in [0.29, 0.717) is 18.8 Å². The molecule has 1 aliphatic rings. The molecule has 1 fully saturated rings. The van der Waals surface area contributed by atoms with E-state index in [9.17, 15) is 8.42 Å². The fourth-order valence-electron chi connectivity index (χ4n) is 2.84. The summed E-state index contributed by atoms with van der Waals surface area (Å²) in [6.07, 6.45) is 1.67. The third kappa shape index (κ3) is 4.73. The van der Waals surface area contributed by atoms with Gasteiger partial charge in [0, 0.05) is 19.1 Å². The lowest BCUT2D eigenvalue weighted by Gasteiger charge is -2.29. The molecule has 0 saturated carbocycles. The maximum Gasteiger partial charge on any atom is 0.243 e. The standard InChI is InChI=1S/C18H22N2O3S.ClH/c1-14-4-2-6-17(12-14)23-16-7-9-18(10-8-16)24(21,22)20-11-3-5-15(19)13-20;/h2,4,6-10,12,15H,3,5,11,13,19H2,1H3;1H. The van der Waals surface area contributed by atoms with Crippen LogP contribution in [0.4, 0.5) is 0 Å². The second-order valence-electron chi connectivity index (χ2n) is 6.16. The van der Waals surface area contributed by atoms with Gasteiger partial charge in [-0.2, -0.15) is 4.31 Å². The summed E-state index contributed by atoms with van der Waals surface area (Å²) in [5.41, 5.74) is 7.00. The molecule has 1 unspecified atom stereocenters. The summed E-state index contributed by atoms with van der Waals surface area (Å²) >= 11 is 0. The maximum atomic E-state index is 12.7. The molecular weight excluding hydrogens is 360 g/mol. The Morgan fingerprint density at radius 3 is 2.48 bits per heavy atom. The average molecular weight is 383 g/mol. The van der Waals surface area contributed by atoms with Gasteiger partial charge in [-0.05, 0) is 61.7 Å². The van der Waals surface area contributed by atoms with Gasteiger partial charge in [0.2, 0.25) is 10.0 Å². The molecule has 0 bridgehead atoms. The first-order valence-electron chi connectivity index (χ1n) is 8.05. The smallest absolute Gasteiger partial charge is 0.243 e. The average Bonchev–Trinajstić information content (AvgIpc) is 2.55. The monoisotopic (exact) mass is 382 g/mol. The highest BCUT2D eigenvalue weighted by atomic mass is 35.5. The number of halogens is 1. The fourth-order valence-corrected chi connectivity index (χ4v) is 4.37. The van der Waals surface area contributed by atoms with Crippen molar-refractivity contribution >= 4 is 22.4 Å². The molecule has 0 radical (unpaired) electrons. The molecule has 0 spiro atoms. The molecule has 1 atom stereocenters. The first-order valence-corrected chi connectivity index (χ1v) is 9.49. The van der Waals surface area contributed by atoms with E-state index in [1.165, 1.54) is 4.31 Å². The second kappa shape index (κ2) is 8.19.